The molecule has 0 bridgehead atoms. The van der Waals surface area contributed by atoms with Crippen LogP contribution in [0.15, 0.2) is 70.5 Å². The maximum absolute atomic E-state index is 13.3. The van der Waals surface area contributed by atoms with Crippen molar-refractivity contribution < 1.29 is 4.79 Å². The summed E-state index contributed by atoms with van der Waals surface area (Å²) in [6.07, 6.45) is 1.68. The molecule has 1 aromatic carbocycles. The van der Waals surface area contributed by atoms with Gasteiger partial charge in [0.15, 0.2) is 5.16 Å². The molecular weight excluding hydrogens is 414 g/mol. The van der Waals surface area contributed by atoms with Gasteiger partial charge in [0.2, 0.25) is 5.91 Å². The van der Waals surface area contributed by atoms with Crippen molar-refractivity contribution in [2.75, 3.05) is 18.8 Å². The van der Waals surface area contributed by atoms with Gasteiger partial charge >= 0.3 is 0 Å². The average molecular weight is 440 g/mol. The summed E-state index contributed by atoms with van der Waals surface area (Å²) >= 11 is 2.74. The number of nitrogens with zero attached hydrogens (tertiary/aromatic N) is 3. The molecule has 0 unspecified atom stereocenters. The third kappa shape index (κ3) is 4.74. The molecular formula is C23H25N3O2S2. The van der Waals surface area contributed by atoms with Gasteiger partial charge in [-0.05, 0) is 19.4 Å². The monoisotopic (exact) mass is 439 g/mol. The molecule has 0 N–H and O–H groups in total. The van der Waals surface area contributed by atoms with E-state index in [0.29, 0.717) is 35.0 Å². The van der Waals surface area contributed by atoms with E-state index in [1.807, 2.05) is 49.6 Å². The maximum atomic E-state index is 13.3. The molecule has 0 fully saturated rings. The minimum atomic E-state index is -0.107. The second-order valence-corrected chi connectivity index (χ2v) is 8.75. The van der Waals surface area contributed by atoms with Crippen LogP contribution in [-0.2, 0) is 11.3 Å². The number of thioether (sulfide) groups is 1. The fourth-order valence-electron chi connectivity index (χ4n) is 3.16. The van der Waals surface area contributed by atoms with Crippen molar-refractivity contribution in [1.29, 1.82) is 0 Å². The van der Waals surface area contributed by atoms with Gasteiger partial charge in [-0.15, -0.1) is 17.9 Å². The molecule has 156 valence electrons. The molecule has 2 heterocycles. The van der Waals surface area contributed by atoms with Gasteiger partial charge in [0.05, 0.1) is 11.1 Å². The van der Waals surface area contributed by atoms with Crippen LogP contribution < -0.4 is 5.56 Å². The lowest BCUT2D eigenvalue weighted by atomic mass is 10.1. The van der Waals surface area contributed by atoms with E-state index < -0.39 is 0 Å². The number of fused-ring (bicyclic) bond motifs is 1. The zero-order chi connectivity index (χ0) is 21.7. The lowest BCUT2D eigenvalue weighted by Crippen LogP contribution is -2.33. The summed E-state index contributed by atoms with van der Waals surface area (Å²) in [6, 6.07) is 9.83. The highest BCUT2D eigenvalue weighted by Gasteiger charge is 2.19. The Labute approximate surface area is 184 Å². The van der Waals surface area contributed by atoms with Crippen molar-refractivity contribution in [2.45, 2.75) is 25.5 Å². The van der Waals surface area contributed by atoms with Crippen LogP contribution in [0.5, 0.6) is 0 Å². The van der Waals surface area contributed by atoms with Crippen molar-refractivity contribution in [3.63, 3.8) is 0 Å². The molecule has 0 aliphatic carbocycles. The van der Waals surface area contributed by atoms with Crippen LogP contribution >= 0.6 is 23.1 Å². The van der Waals surface area contributed by atoms with E-state index in [9.17, 15) is 9.59 Å². The molecule has 0 atom stereocenters. The molecule has 0 aliphatic rings. The highest BCUT2D eigenvalue weighted by Crippen LogP contribution is 2.32. The van der Waals surface area contributed by atoms with Crippen LogP contribution in [0.4, 0.5) is 0 Å². The van der Waals surface area contributed by atoms with Gasteiger partial charge in [-0.1, -0.05) is 60.3 Å². The third-order valence-corrected chi connectivity index (χ3v) is 6.41. The number of hydrogen-bond acceptors (Lipinski definition) is 5. The van der Waals surface area contributed by atoms with Gasteiger partial charge in [-0.2, -0.15) is 0 Å². The number of thiophene rings is 1. The molecule has 2 aromatic heterocycles. The Bertz CT molecular complexity index is 1130. The SMILES string of the molecule is C=CCn1c(SCC(=O)N(CC)CC(=C)C)nc2scc(-c3ccccc3)c2c1=O. The van der Waals surface area contributed by atoms with Crippen molar-refractivity contribution in [1.82, 2.24) is 14.5 Å². The van der Waals surface area contributed by atoms with Crippen molar-refractivity contribution in [3.05, 3.63) is 70.9 Å². The molecule has 1 amide bonds. The number of aromatic nitrogens is 2. The first-order chi connectivity index (χ1) is 14.5. The second kappa shape index (κ2) is 9.91. The topological polar surface area (TPSA) is 55.2 Å². The van der Waals surface area contributed by atoms with E-state index in [4.69, 9.17) is 4.98 Å². The molecule has 0 radical (unpaired) electrons. The molecule has 3 rings (SSSR count). The molecule has 0 spiro atoms. The van der Waals surface area contributed by atoms with Gasteiger partial charge in [-0.3, -0.25) is 14.2 Å². The summed E-state index contributed by atoms with van der Waals surface area (Å²) in [7, 11) is 0. The van der Waals surface area contributed by atoms with Crippen LogP contribution in [0.25, 0.3) is 21.3 Å². The maximum Gasteiger partial charge on any atom is 0.263 e. The van der Waals surface area contributed by atoms with Crippen LogP contribution in [0.3, 0.4) is 0 Å². The van der Waals surface area contributed by atoms with E-state index in [1.165, 1.54) is 23.1 Å². The summed E-state index contributed by atoms with van der Waals surface area (Å²) in [5.74, 6) is 0.216. The van der Waals surface area contributed by atoms with E-state index in [1.54, 1.807) is 15.5 Å². The Kier molecular flexibility index (Phi) is 7.29. The molecule has 0 saturated carbocycles. The number of hydrogen-bond donors (Lipinski definition) is 0. The smallest absolute Gasteiger partial charge is 0.263 e. The van der Waals surface area contributed by atoms with Gasteiger partial charge in [0.1, 0.15) is 4.83 Å². The Morgan fingerprint density at radius 2 is 2.07 bits per heavy atom. The number of rotatable bonds is 9. The van der Waals surface area contributed by atoms with Crippen molar-refractivity contribution in [2.24, 2.45) is 0 Å². The molecule has 0 aliphatic heterocycles. The normalized spacial score (nSPS) is 10.9. The zero-order valence-corrected chi connectivity index (χ0v) is 18.9. The van der Waals surface area contributed by atoms with E-state index >= 15 is 0 Å². The van der Waals surface area contributed by atoms with Crippen LogP contribution in [0.1, 0.15) is 13.8 Å². The largest absolute Gasteiger partial charge is 0.338 e. The van der Waals surface area contributed by atoms with E-state index in [2.05, 4.69) is 13.2 Å². The third-order valence-electron chi connectivity index (χ3n) is 4.58. The Morgan fingerprint density at radius 3 is 2.70 bits per heavy atom. The molecule has 30 heavy (non-hydrogen) atoms. The summed E-state index contributed by atoms with van der Waals surface area (Å²) in [4.78, 5) is 33.1. The number of carbonyl (C=O) groups excluding carboxylic acids is 1. The average Bonchev–Trinajstić information content (AvgIpc) is 3.17. The van der Waals surface area contributed by atoms with Gasteiger partial charge in [-0.25, -0.2) is 4.98 Å². The highest BCUT2D eigenvalue weighted by atomic mass is 32.2. The fraction of sp³-hybridized carbons (Fsp3) is 0.261. The lowest BCUT2D eigenvalue weighted by Gasteiger charge is -2.21. The zero-order valence-electron chi connectivity index (χ0n) is 17.3. The van der Waals surface area contributed by atoms with Crippen LogP contribution in [-0.4, -0.2) is 39.2 Å². The first-order valence-electron chi connectivity index (χ1n) is 9.69. The van der Waals surface area contributed by atoms with Gasteiger partial charge in [0, 0.05) is 30.6 Å². The van der Waals surface area contributed by atoms with Crippen molar-refractivity contribution in [3.8, 4) is 11.1 Å². The minimum absolute atomic E-state index is 0.00107. The van der Waals surface area contributed by atoms with Crippen LogP contribution in [0.2, 0.25) is 0 Å². The number of allylic oxidation sites excluding steroid dienone is 1. The van der Waals surface area contributed by atoms with E-state index in [0.717, 1.165) is 16.7 Å². The first kappa shape index (κ1) is 22.1. The second-order valence-electron chi connectivity index (χ2n) is 6.95. The molecule has 3 aromatic rings. The van der Waals surface area contributed by atoms with Crippen LogP contribution in [0, 0.1) is 0 Å². The van der Waals surface area contributed by atoms with Crippen molar-refractivity contribution >= 4 is 39.2 Å². The van der Waals surface area contributed by atoms with E-state index in [-0.39, 0.29) is 17.2 Å². The number of benzene rings is 1. The minimum Gasteiger partial charge on any atom is -0.338 e. The number of carbonyl (C=O) groups is 1. The lowest BCUT2D eigenvalue weighted by molar-refractivity contribution is -0.127. The molecule has 5 nitrogen and oxygen atoms in total. The Balaban J connectivity index is 1.96. The Hall–Kier alpha value is -2.64. The quantitative estimate of drug-likeness (QED) is 0.272. The standard InChI is InChI=1S/C23H25N3O2S2/c1-5-12-26-22(28)20-18(17-10-8-7-9-11-17)14-29-21(20)24-23(26)30-15-19(27)25(6-2)13-16(3)4/h5,7-11,14H,1,3,6,12-13,15H2,2,4H3. The molecule has 7 heteroatoms. The predicted octanol–water partition coefficient (Wildman–Crippen LogP) is 4.83. The first-order valence-corrected chi connectivity index (χ1v) is 11.6. The molecule has 0 saturated heterocycles. The highest BCUT2D eigenvalue weighted by molar-refractivity contribution is 7.99. The number of amides is 1. The summed E-state index contributed by atoms with van der Waals surface area (Å²) in [5.41, 5.74) is 2.70. The summed E-state index contributed by atoms with van der Waals surface area (Å²) in [5, 5.41) is 3.12. The summed E-state index contributed by atoms with van der Waals surface area (Å²) in [6.45, 7) is 13.0. The predicted molar refractivity (Wildman–Crippen MR) is 127 cm³/mol. The summed E-state index contributed by atoms with van der Waals surface area (Å²) < 4.78 is 1.60. The van der Waals surface area contributed by atoms with Gasteiger partial charge < -0.3 is 4.90 Å². The fourth-order valence-corrected chi connectivity index (χ4v) is 5.06. The number of likely N-dealkylation sites (N-methyl/N-ethyl adjacent to an activating group) is 1. The Morgan fingerprint density at radius 1 is 1.33 bits per heavy atom. The van der Waals surface area contributed by atoms with Gasteiger partial charge in [0.25, 0.3) is 5.56 Å².